The van der Waals surface area contributed by atoms with Crippen molar-refractivity contribution in [3.8, 4) is 11.5 Å². The second-order valence-electron chi connectivity index (χ2n) is 8.67. The maximum absolute atomic E-state index is 13.4. The molecule has 0 spiro atoms. The number of pyridine rings is 1. The fraction of sp³-hybridized carbons (Fsp3) is 0.407. The number of morpholine rings is 1. The van der Waals surface area contributed by atoms with E-state index in [9.17, 15) is 9.59 Å². The van der Waals surface area contributed by atoms with E-state index in [1.807, 2.05) is 43.3 Å². The molecule has 1 aromatic heterocycles. The van der Waals surface area contributed by atoms with Crippen molar-refractivity contribution in [2.24, 2.45) is 0 Å². The fourth-order valence-electron chi connectivity index (χ4n) is 4.31. The van der Waals surface area contributed by atoms with Crippen LogP contribution in [0.15, 0.2) is 53.3 Å². The summed E-state index contributed by atoms with van der Waals surface area (Å²) in [5.41, 5.74) is 1.61. The van der Waals surface area contributed by atoms with Gasteiger partial charge in [0, 0.05) is 42.6 Å². The van der Waals surface area contributed by atoms with E-state index in [0.717, 1.165) is 55.9 Å². The van der Waals surface area contributed by atoms with Crippen LogP contribution < -0.4 is 20.3 Å². The molecule has 0 unspecified atom stereocenters. The van der Waals surface area contributed by atoms with E-state index in [1.54, 1.807) is 24.1 Å². The van der Waals surface area contributed by atoms with Gasteiger partial charge >= 0.3 is 6.03 Å². The number of carbonyl (C=O) groups is 1. The largest absolute Gasteiger partial charge is 0.495 e. The van der Waals surface area contributed by atoms with Crippen LogP contribution in [0.4, 0.5) is 10.5 Å². The summed E-state index contributed by atoms with van der Waals surface area (Å²) >= 11 is 0. The smallest absolute Gasteiger partial charge is 0.322 e. The Morgan fingerprint density at radius 2 is 1.97 bits per heavy atom. The molecular formula is C27H34N4O5. The number of methoxy groups -OCH3 is 1. The molecule has 9 heteroatoms. The first-order valence-electron chi connectivity index (χ1n) is 12.3. The number of hydrogen-bond acceptors (Lipinski definition) is 6. The maximum atomic E-state index is 13.4. The number of nitrogens with one attached hydrogen (secondary N) is 2. The van der Waals surface area contributed by atoms with Gasteiger partial charge in [0.15, 0.2) is 0 Å². The number of aromatic nitrogens is 1. The van der Waals surface area contributed by atoms with Gasteiger partial charge in [0.2, 0.25) is 0 Å². The van der Waals surface area contributed by atoms with Crippen LogP contribution in [-0.2, 0) is 11.3 Å². The molecule has 0 bridgehead atoms. The Labute approximate surface area is 210 Å². The number of urea groups is 1. The van der Waals surface area contributed by atoms with E-state index >= 15 is 0 Å². The van der Waals surface area contributed by atoms with Crippen LogP contribution in [-0.4, -0.2) is 73.9 Å². The summed E-state index contributed by atoms with van der Waals surface area (Å²) in [6.45, 7) is 7.25. The lowest BCUT2D eigenvalue weighted by molar-refractivity contribution is 0.0365. The summed E-state index contributed by atoms with van der Waals surface area (Å²) in [7, 11) is 1.57. The van der Waals surface area contributed by atoms with Crippen molar-refractivity contribution >= 4 is 22.6 Å². The van der Waals surface area contributed by atoms with Gasteiger partial charge in [-0.05, 0) is 49.7 Å². The minimum absolute atomic E-state index is 0.175. The van der Waals surface area contributed by atoms with Gasteiger partial charge in [-0.15, -0.1) is 0 Å². The molecule has 0 aliphatic carbocycles. The molecule has 0 atom stereocenters. The number of anilines is 1. The van der Waals surface area contributed by atoms with Gasteiger partial charge < -0.3 is 29.4 Å². The Morgan fingerprint density at radius 3 is 2.75 bits per heavy atom. The molecule has 3 aromatic rings. The van der Waals surface area contributed by atoms with E-state index < -0.39 is 0 Å². The predicted molar refractivity (Wildman–Crippen MR) is 140 cm³/mol. The van der Waals surface area contributed by atoms with E-state index in [4.69, 9.17) is 14.2 Å². The summed E-state index contributed by atoms with van der Waals surface area (Å²) < 4.78 is 16.4. The van der Waals surface area contributed by atoms with Gasteiger partial charge in [0.05, 0.1) is 39.2 Å². The zero-order chi connectivity index (χ0) is 25.3. The summed E-state index contributed by atoms with van der Waals surface area (Å²) in [6.07, 6.45) is 0.777. The second kappa shape index (κ2) is 12.4. The van der Waals surface area contributed by atoms with Gasteiger partial charge in [-0.2, -0.15) is 0 Å². The average Bonchev–Trinajstić information content (AvgIpc) is 2.89. The highest BCUT2D eigenvalue weighted by Crippen LogP contribution is 2.24. The quantitative estimate of drug-likeness (QED) is 0.446. The third-order valence-electron chi connectivity index (χ3n) is 6.21. The molecule has 9 nitrogen and oxygen atoms in total. The monoisotopic (exact) mass is 494 g/mol. The summed E-state index contributed by atoms with van der Waals surface area (Å²) in [6, 6.07) is 14.4. The molecule has 1 aliphatic rings. The van der Waals surface area contributed by atoms with Gasteiger partial charge in [0.25, 0.3) is 5.56 Å². The first-order chi connectivity index (χ1) is 17.6. The van der Waals surface area contributed by atoms with Crippen molar-refractivity contribution in [1.82, 2.24) is 14.8 Å². The molecule has 0 saturated carbocycles. The Morgan fingerprint density at radius 1 is 1.17 bits per heavy atom. The molecule has 192 valence electrons. The zero-order valence-corrected chi connectivity index (χ0v) is 20.9. The van der Waals surface area contributed by atoms with Crippen molar-refractivity contribution in [1.29, 1.82) is 0 Å². The topological polar surface area (TPSA) is 96.1 Å². The van der Waals surface area contributed by atoms with Crippen LogP contribution in [0.3, 0.4) is 0 Å². The lowest BCUT2D eigenvalue weighted by Crippen LogP contribution is -2.40. The van der Waals surface area contributed by atoms with Gasteiger partial charge in [0.1, 0.15) is 11.5 Å². The number of carbonyl (C=O) groups excluding carboxylic acids is 1. The number of aromatic amines is 1. The molecule has 0 radical (unpaired) electrons. The minimum atomic E-state index is -0.288. The Hall–Kier alpha value is -3.56. The van der Waals surface area contributed by atoms with Crippen molar-refractivity contribution in [3.63, 3.8) is 0 Å². The Balaban J connectivity index is 1.54. The van der Waals surface area contributed by atoms with Crippen LogP contribution in [0, 0.1) is 0 Å². The number of hydrogen-bond donors (Lipinski definition) is 2. The lowest BCUT2D eigenvalue weighted by Gasteiger charge is -2.28. The van der Waals surface area contributed by atoms with Crippen molar-refractivity contribution in [3.05, 3.63) is 64.4 Å². The number of rotatable bonds is 10. The van der Waals surface area contributed by atoms with Crippen LogP contribution in [0.5, 0.6) is 11.5 Å². The normalized spacial score (nSPS) is 13.9. The number of nitrogens with zero attached hydrogens (tertiary/aromatic N) is 2. The second-order valence-corrected chi connectivity index (χ2v) is 8.67. The Bertz CT molecular complexity index is 1220. The fourth-order valence-corrected chi connectivity index (χ4v) is 4.31. The van der Waals surface area contributed by atoms with Crippen molar-refractivity contribution in [2.45, 2.75) is 19.9 Å². The van der Waals surface area contributed by atoms with Crippen molar-refractivity contribution in [2.75, 3.05) is 58.4 Å². The standard InChI is InChI=1S/C27H34N4O5/c1-3-36-22-9-10-23-20(18-22)17-21(26(32)28-23)19-31(12-6-11-30-13-15-35-16-14-30)27(33)29-24-7-4-5-8-25(24)34-2/h4-5,7-10,17-18H,3,6,11-16,19H2,1-2H3,(H,28,32)(H,29,33). The molecule has 1 fully saturated rings. The van der Waals surface area contributed by atoms with Crippen LogP contribution >= 0.6 is 0 Å². The molecule has 36 heavy (non-hydrogen) atoms. The number of amides is 2. The van der Waals surface area contributed by atoms with Gasteiger partial charge in [-0.3, -0.25) is 9.69 Å². The molecule has 2 heterocycles. The van der Waals surface area contributed by atoms with Gasteiger partial charge in [-0.25, -0.2) is 4.79 Å². The number of para-hydroxylation sites is 2. The van der Waals surface area contributed by atoms with Crippen molar-refractivity contribution < 1.29 is 19.0 Å². The molecular weight excluding hydrogens is 460 g/mol. The highest BCUT2D eigenvalue weighted by molar-refractivity contribution is 5.91. The van der Waals surface area contributed by atoms with E-state index in [0.29, 0.717) is 30.2 Å². The average molecular weight is 495 g/mol. The number of ether oxygens (including phenoxy) is 3. The number of benzene rings is 2. The summed E-state index contributed by atoms with van der Waals surface area (Å²) in [5, 5.41) is 3.80. The Kier molecular flexibility index (Phi) is 8.80. The first-order valence-corrected chi connectivity index (χ1v) is 12.3. The molecule has 2 amide bonds. The summed E-state index contributed by atoms with van der Waals surface area (Å²) in [4.78, 5) is 33.2. The molecule has 2 N–H and O–H groups in total. The van der Waals surface area contributed by atoms with E-state index in [2.05, 4.69) is 15.2 Å². The third-order valence-corrected chi connectivity index (χ3v) is 6.21. The number of fused-ring (bicyclic) bond motifs is 1. The van der Waals surface area contributed by atoms with Crippen LogP contribution in [0.1, 0.15) is 18.9 Å². The molecule has 2 aromatic carbocycles. The van der Waals surface area contributed by atoms with Crippen LogP contribution in [0.25, 0.3) is 10.9 Å². The highest BCUT2D eigenvalue weighted by Gasteiger charge is 2.19. The third kappa shape index (κ3) is 6.56. The first kappa shape index (κ1) is 25.5. The molecule has 1 saturated heterocycles. The number of H-pyrrole nitrogens is 1. The van der Waals surface area contributed by atoms with E-state index in [1.165, 1.54) is 0 Å². The lowest BCUT2D eigenvalue weighted by atomic mass is 10.1. The van der Waals surface area contributed by atoms with Crippen LogP contribution in [0.2, 0.25) is 0 Å². The molecule has 1 aliphatic heterocycles. The van der Waals surface area contributed by atoms with Gasteiger partial charge in [-0.1, -0.05) is 12.1 Å². The predicted octanol–water partition coefficient (Wildman–Crippen LogP) is 3.69. The zero-order valence-electron chi connectivity index (χ0n) is 20.9. The molecule has 4 rings (SSSR count). The maximum Gasteiger partial charge on any atom is 0.322 e. The minimum Gasteiger partial charge on any atom is -0.495 e. The van der Waals surface area contributed by atoms with E-state index in [-0.39, 0.29) is 18.1 Å². The summed E-state index contributed by atoms with van der Waals surface area (Å²) in [5.74, 6) is 1.31. The highest BCUT2D eigenvalue weighted by atomic mass is 16.5. The SMILES string of the molecule is CCOc1ccc2[nH]c(=O)c(CN(CCCN3CCOCC3)C(=O)Nc3ccccc3OC)cc2c1.